The van der Waals surface area contributed by atoms with Gasteiger partial charge in [-0.15, -0.1) is 0 Å². The summed E-state index contributed by atoms with van der Waals surface area (Å²) in [5, 5.41) is 27.5. The number of fused-ring (bicyclic) bond motifs is 3. The molecule has 0 radical (unpaired) electrons. The Labute approximate surface area is 301 Å². The number of carbonyl (C=O) groups is 1. The number of aromatic nitrogens is 2. The topological polar surface area (TPSA) is 150 Å². The number of nitrogens with one attached hydrogen (secondary N) is 3. The van der Waals surface area contributed by atoms with Gasteiger partial charge in [-0.3, -0.25) is 4.79 Å². The smallest absolute Gasteiger partial charge is 0.336 e. The van der Waals surface area contributed by atoms with E-state index in [1.165, 1.54) is 30.3 Å². The number of phenols is 1. The first-order valence-corrected chi connectivity index (χ1v) is 16.6. The van der Waals surface area contributed by atoms with Gasteiger partial charge in [0.1, 0.15) is 34.4 Å². The van der Waals surface area contributed by atoms with Crippen molar-refractivity contribution in [2.75, 3.05) is 10.6 Å². The van der Waals surface area contributed by atoms with Crippen LogP contribution in [0.4, 0.5) is 11.4 Å². The van der Waals surface area contributed by atoms with Gasteiger partial charge < -0.3 is 35.0 Å². The predicted molar refractivity (Wildman–Crippen MR) is 205 cm³/mol. The molecule has 2 aliphatic rings. The van der Waals surface area contributed by atoms with E-state index in [9.17, 15) is 19.8 Å². The second-order valence-electron chi connectivity index (χ2n) is 12.1. The van der Waals surface area contributed by atoms with Crippen molar-refractivity contribution in [3.63, 3.8) is 0 Å². The summed E-state index contributed by atoms with van der Waals surface area (Å²) in [4.78, 5) is 32.8. The Morgan fingerprint density at radius 1 is 0.808 bits per heavy atom. The number of aromatic amines is 1. The maximum absolute atomic E-state index is 12.5. The lowest BCUT2D eigenvalue weighted by atomic mass is 9.90. The number of nitrogens with zero attached hydrogens (tertiary/aromatic N) is 1. The zero-order chi connectivity index (χ0) is 35.8. The first-order valence-electron chi connectivity index (χ1n) is 16.2. The summed E-state index contributed by atoms with van der Waals surface area (Å²) < 4.78 is 11.9. The van der Waals surface area contributed by atoms with Crippen LogP contribution in [0.1, 0.15) is 21.7 Å². The summed E-state index contributed by atoms with van der Waals surface area (Å²) in [6, 6.07) is 37.0. The number of carboxylic acid groups (broad SMARTS) is 1. The van der Waals surface area contributed by atoms with Crippen molar-refractivity contribution >= 4 is 56.7 Å². The van der Waals surface area contributed by atoms with Crippen molar-refractivity contribution in [1.82, 2.24) is 9.97 Å². The van der Waals surface area contributed by atoms with E-state index in [0.717, 1.165) is 33.9 Å². The SMILES string of the molecule is O=C(O)c1ccc(NC(=S)Nc2ccc3[nH]c(Cc4ccc(Oc5ccccc5)cc4)nc3c2)cc1-c1c2ccc(=O)cc-2oc2cc(O)ccc12. The van der Waals surface area contributed by atoms with Gasteiger partial charge in [0.2, 0.25) is 0 Å². The van der Waals surface area contributed by atoms with E-state index < -0.39 is 5.97 Å². The minimum atomic E-state index is -1.13. The van der Waals surface area contributed by atoms with Gasteiger partial charge in [-0.05, 0) is 108 Å². The Balaban J connectivity index is 1.02. The van der Waals surface area contributed by atoms with E-state index in [4.69, 9.17) is 26.4 Å². The van der Waals surface area contributed by atoms with Gasteiger partial charge in [0.05, 0.1) is 16.6 Å². The zero-order valence-electron chi connectivity index (χ0n) is 27.2. The minimum Gasteiger partial charge on any atom is -0.508 e. The Morgan fingerprint density at radius 3 is 2.35 bits per heavy atom. The second kappa shape index (κ2) is 13.4. The molecule has 0 fully saturated rings. The van der Waals surface area contributed by atoms with Crippen LogP contribution in [-0.4, -0.2) is 31.3 Å². The van der Waals surface area contributed by atoms with Crippen LogP contribution in [0.25, 0.3) is 44.5 Å². The van der Waals surface area contributed by atoms with E-state index in [1.54, 1.807) is 24.3 Å². The van der Waals surface area contributed by atoms with Crippen molar-refractivity contribution in [2.45, 2.75) is 6.42 Å². The summed E-state index contributed by atoms with van der Waals surface area (Å²) in [7, 11) is 0. The third kappa shape index (κ3) is 6.63. The van der Waals surface area contributed by atoms with Gasteiger partial charge in [0, 0.05) is 46.4 Å². The van der Waals surface area contributed by atoms with E-state index >= 15 is 0 Å². The number of carboxylic acids is 1. The number of thiocarbonyl (C=S) groups is 1. The van der Waals surface area contributed by atoms with Gasteiger partial charge in [-0.2, -0.15) is 0 Å². The van der Waals surface area contributed by atoms with E-state index in [2.05, 4.69) is 15.6 Å². The number of para-hydroxylation sites is 1. The fraction of sp³-hybridized carbons (Fsp3) is 0.0244. The highest BCUT2D eigenvalue weighted by molar-refractivity contribution is 7.80. The van der Waals surface area contributed by atoms with Crippen LogP contribution < -0.4 is 20.8 Å². The highest BCUT2D eigenvalue weighted by Crippen LogP contribution is 2.42. The Bertz CT molecular complexity index is 2670. The number of anilines is 2. The first-order chi connectivity index (χ1) is 25.3. The molecule has 10 nitrogen and oxygen atoms in total. The summed E-state index contributed by atoms with van der Waals surface area (Å²) in [5.41, 5.74) is 5.48. The molecule has 0 amide bonds. The maximum Gasteiger partial charge on any atom is 0.336 e. The molecule has 1 aliphatic heterocycles. The number of benzene rings is 6. The average Bonchev–Trinajstić information content (AvgIpc) is 3.53. The van der Waals surface area contributed by atoms with Crippen LogP contribution in [0.3, 0.4) is 0 Å². The molecule has 0 unspecified atom stereocenters. The molecule has 6 aromatic rings. The van der Waals surface area contributed by atoms with Crippen LogP contribution in [0.2, 0.25) is 0 Å². The largest absolute Gasteiger partial charge is 0.508 e. The van der Waals surface area contributed by atoms with E-state index in [-0.39, 0.29) is 27.6 Å². The quantitative estimate of drug-likeness (QED) is 0.0766. The number of H-pyrrole nitrogens is 1. The average molecular weight is 705 g/mol. The number of aromatic carboxylic acids is 1. The van der Waals surface area contributed by atoms with Crippen LogP contribution >= 0.6 is 12.2 Å². The molecule has 0 saturated heterocycles. The molecule has 5 aromatic carbocycles. The number of ether oxygens (including phenoxy) is 1. The molecule has 52 heavy (non-hydrogen) atoms. The van der Waals surface area contributed by atoms with Gasteiger partial charge >= 0.3 is 5.97 Å². The fourth-order valence-corrected chi connectivity index (χ4v) is 6.41. The van der Waals surface area contributed by atoms with Crippen LogP contribution in [0.5, 0.6) is 17.2 Å². The van der Waals surface area contributed by atoms with Crippen LogP contribution in [0, 0.1) is 0 Å². The van der Waals surface area contributed by atoms with E-state index in [1.807, 2.05) is 72.8 Å². The molecule has 1 aromatic heterocycles. The molecule has 2 heterocycles. The summed E-state index contributed by atoms with van der Waals surface area (Å²) >= 11 is 5.66. The predicted octanol–water partition coefficient (Wildman–Crippen LogP) is 9.04. The number of hydrogen-bond acceptors (Lipinski definition) is 7. The number of rotatable bonds is 8. The minimum absolute atomic E-state index is 0.0330. The molecule has 0 atom stereocenters. The van der Waals surface area contributed by atoms with E-state index in [0.29, 0.717) is 45.5 Å². The summed E-state index contributed by atoms with van der Waals surface area (Å²) in [6.07, 6.45) is 0.608. The van der Waals surface area contributed by atoms with Gasteiger partial charge in [-0.25, -0.2) is 9.78 Å². The molecule has 11 heteroatoms. The molecule has 254 valence electrons. The molecule has 8 rings (SSSR count). The van der Waals surface area contributed by atoms with Crippen molar-refractivity contribution in [3.05, 3.63) is 155 Å². The maximum atomic E-state index is 12.5. The molecule has 0 bridgehead atoms. The van der Waals surface area contributed by atoms with Crippen molar-refractivity contribution in [3.8, 4) is 39.7 Å². The summed E-state index contributed by atoms with van der Waals surface area (Å²) in [5.74, 6) is 1.44. The highest BCUT2D eigenvalue weighted by atomic mass is 32.1. The molecule has 0 spiro atoms. The fourth-order valence-electron chi connectivity index (χ4n) is 6.17. The lowest BCUT2D eigenvalue weighted by Gasteiger charge is -2.18. The monoisotopic (exact) mass is 704 g/mol. The Morgan fingerprint density at radius 2 is 1.56 bits per heavy atom. The second-order valence-corrected chi connectivity index (χ2v) is 12.5. The van der Waals surface area contributed by atoms with Crippen molar-refractivity contribution in [1.29, 1.82) is 0 Å². The van der Waals surface area contributed by atoms with Gasteiger partial charge in [0.25, 0.3) is 0 Å². The lowest BCUT2D eigenvalue weighted by molar-refractivity contribution is 0.0697. The highest BCUT2D eigenvalue weighted by Gasteiger charge is 2.22. The van der Waals surface area contributed by atoms with Crippen molar-refractivity contribution < 1.29 is 24.2 Å². The number of aromatic hydroxyl groups is 1. The third-order valence-corrected chi connectivity index (χ3v) is 8.72. The number of imidazole rings is 1. The third-order valence-electron chi connectivity index (χ3n) is 8.52. The Hall–Kier alpha value is -6.98. The number of hydrogen-bond donors (Lipinski definition) is 5. The Kier molecular flexibility index (Phi) is 8.30. The molecule has 5 N–H and O–H groups in total. The lowest BCUT2D eigenvalue weighted by Crippen LogP contribution is -2.19. The number of phenolic OH excluding ortho intramolecular Hbond substituents is 1. The molecule has 0 saturated carbocycles. The summed E-state index contributed by atoms with van der Waals surface area (Å²) in [6.45, 7) is 0. The molecule has 1 aliphatic carbocycles. The van der Waals surface area contributed by atoms with Crippen LogP contribution in [-0.2, 0) is 6.42 Å². The van der Waals surface area contributed by atoms with Crippen molar-refractivity contribution in [2.24, 2.45) is 0 Å². The standard InChI is InChI=1S/C41H28N4O6S/c46-26-10-15-31-36(21-26)51-37-22-27(47)11-16-32(37)39(31)33-19-24(8-14-30(33)40(48)49)42-41(52)43-25-9-17-34-35(20-25)45-38(44-34)18-23-6-12-29(13-7-23)50-28-4-2-1-3-5-28/h1-17,19-22,46H,18H2,(H,44,45)(H,48,49)(H2,42,43,52). The normalized spacial score (nSPS) is 11.2. The zero-order valence-corrected chi connectivity index (χ0v) is 28.0. The van der Waals surface area contributed by atoms with Gasteiger partial charge in [0.15, 0.2) is 10.5 Å². The first kappa shape index (κ1) is 32.2. The van der Waals surface area contributed by atoms with Gasteiger partial charge in [-0.1, -0.05) is 30.3 Å². The molecular weight excluding hydrogens is 677 g/mol. The van der Waals surface area contributed by atoms with Crippen LogP contribution in [0.15, 0.2) is 137 Å². The molecular formula is C41H28N4O6S.